The average molecular weight is 348 g/mol. The van der Waals surface area contributed by atoms with Crippen LogP contribution in [0.2, 0.25) is 0 Å². The van der Waals surface area contributed by atoms with Gasteiger partial charge in [-0.3, -0.25) is 9.59 Å². The highest BCUT2D eigenvalue weighted by Crippen LogP contribution is 2.27. The molecule has 0 aromatic heterocycles. The van der Waals surface area contributed by atoms with Gasteiger partial charge in [-0.25, -0.2) is 0 Å². The number of aliphatic hydroxyl groups is 1. The van der Waals surface area contributed by atoms with Crippen molar-refractivity contribution in [3.8, 4) is 0 Å². The maximum Gasteiger partial charge on any atom is 0.305 e. The zero-order chi connectivity index (χ0) is 18.5. The van der Waals surface area contributed by atoms with Gasteiger partial charge in [-0.2, -0.15) is 0 Å². The number of methoxy groups -OCH3 is 1. The molecule has 1 N–H and O–H groups in total. The van der Waals surface area contributed by atoms with Crippen LogP contribution in [-0.4, -0.2) is 30.1 Å². The summed E-state index contributed by atoms with van der Waals surface area (Å²) in [5.74, 6) is -0.0513. The van der Waals surface area contributed by atoms with Crippen LogP contribution in [0.5, 0.6) is 0 Å². The SMILES string of the molecule is CCCCC[C@H](O)/C=C/[C@H]1C=CC(=O)[C@@H]1C/C=C/CCCC(=O)OC. The fourth-order valence-electron chi connectivity index (χ4n) is 2.91. The molecule has 0 aliphatic heterocycles. The van der Waals surface area contributed by atoms with Crippen LogP contribution < -0.4 is 0 Å². The minimum absolute atomic E-state index is 0.0630. The Bertz CT molecular complexity index is 490. The summed E-state index contributed by atoms with van der Waals surface area (Å²) < 4.78 is 4.60. The van der Waals surface area contributed by atoms with E-state index in [1.54, 1.807) is 6.08 Å². The lowest BCUT2D eigenvalue weighted by Crippen LogP contribution is -2.14. The van der Waals surface area contributed by atoms with Crippen LogP contribution in [0.15, 0.2) is 36.5 Å². The van der Waals surface area contributed by atoms with Crippen molar-refractivity contribution in [1.29, 1.82) is 0 Å². The van der Waals surface area contributed by atoms with Gasteiger partial charge in [-0.1, -0.05) is 56.6 Å². The van der Waals surface area contributed by atoms with Crippen molar-refractivity contribution < 1.29 is 19.4 Å². The highest BCUT2D eigenvalue weighted by Gasteiger charge is 2.27. The third kappa shape index (κ3) is 8.82. The van der Waals surface area contributed by atoms with E-state index >= 15 is 0 Å². The summed E-state index contributed by atoms with van der Waals surface area (Å²) in [5, 5.41) is 9.98. The number of unbranched alkanes of at least 4 members (excludes halogenated alkanes) is 3. The highest BCUT2D eigenvalue weighted by molar-refractivity contribution is 5.95. The molecule has 0 spiro atoms. The molecule has 0 unspecified atom stereocenters. The van der Waals surface area contributed by atoms with Gasteiger partial charge in [-0.15, -0.1) is 0 Å². The summed E-state index contributed by atoms with van der Waals surface area (Å²) in [5.41, 5.74) is 0. The number of hydrogen-bond donors (Lipinski definition) is 1. The van der Waals surface area contributed by atoms with Crippen molar-refractivity contribution in [2.24, 2.45) is 11.8 Å². The van der Waals surface area contributed by atoms with Gasteiger partial charge in [0.2, 0.25) is 0 Å². The molecule has 0 heterocycles. The molecule has 0 aromatic rings. The van der Waals surface area contributed by atoms with Gasteiger partial charge >= 0.3 is 5.97 Å². The molecule has 25 heavy (non-hydrogen) atoms. The van der Waals surface area contributed by atoms with Crippen LogP contribution in [0, 0.1) is 11.8 Å². The lowest BCUT2D eigenvalue weighted by atomic mass is 9.90. The monoisotopic (exact) mass is 348 g/mol. The van der Waals surface area contributed by atoms with E-state index in [1.165, 1.54) is 7.11 Å². The van der Waals surface area contributed by atoms with Gasteiger partial charge in [0.1, 0.15) is 0 Å². The molecule has 0 aromatic carbocycles. The molecule has 0 fully saturated rings. The molecule has 1 rings (SSSR count). The first-order valence-electron chi connectivity index (χ1n) is 9.38. The molecule has 3 atom stereocenters. The van der Waals surface area contributed by atoms with Crippen molar-refractivity contribution in [1.82, 2.24) is 0 Å². The summed E-state index contributed by atoms with van der Waals surface area (Å²) in [6.45, 7) is 2.14. The van der Waals surface area contributed by atoms with E-state index in [1.807, 2.05) is 30.4 Å². The van der Waals surface area contributed by atoms with Crippen LogP contribution in [-0.2, 0) is 14.3 Å². The quantitative estimate of drug-likeness (QED) is 0.327. The Morgan fingerprint density at radius 1 is 1.32 bits per heavy atom. The van der Waals surface area contributed by atoms with Gasteiger partial charge in [0, 0.05) is 18.3 Å². The number of rotatable bonds is 12. The fraction of sp³-hybridized carbons (Fsp3) is 0.619. The summed E-state index contributed by atoms with van der Waals surface area (Å²) in [7, 11) is 1.39. The average Bonchev–Trinajstić information content (AvgIpc) is 2.96. The molecule has 4 nitrogen and oxygen atoms in total. The van der Waals surface area contributed by atoms with Gasteiger partial charge in [-0.05, 0) is 31.8 Å². The molecule has 0 saturated carbocycles. The Kier molecular flexibility index (Phi) is 10.8. The first kappa shape index (κ1) is 21.4. The zero-order valence-corrected chi connectivity index (χ0v) is 15.5. The summed E-state index contributed by atoms with van der Waals surface area (Å²) in [6, 6.07) is 0. The largest absolute Gasteiger partial charge is 0.469 e. The lowest BCUT2D eigenvalue weighted by Gasteiger charge is -2.13. The number of carbonyl (C=O) groups excluding carboxylic acids is 2. The summed E-state index contributed by atoms with van der Waals surface area (Å²) in [6.07, 6.45) is 17.7. The first-order valence-corrected chi connectivity index (χ1v) is 9.38. The topological polar surface area (TPSA) is 63.6 Å². The van der Waals surface area contributed by atoms with Crippen molar-refractivity contribution in [3.05, 3.63) is 36.5 Å². The number of allylic oxidation sites excluding steroid dienone is 5. The standard InChI is InChI=1S/C21H32O4/c1-3-4-7-10-18(22)15-13-17-14-16-20(23)19(17)11-8-5-6-9-12-21(24)25-2/h5,8,13-19,22H,3-4,6-7,9-12H2,1-2H3/b8-5+,15-13+/t17-,18-,19+/m0/s1. The Morgan fingerprint density at radius 2 is 2.12 bits per heavy atom. The summed E-state index contributed by atoms with van der Waals surface area (Å²) >= 11 is 0. The van der Waals surface area contributed by atoms with E-state index in [0.29, 0.717) is 12.8 Å². The Labute approximate surface area is 151 Å². The maximum absolute atomic E-state index is 12.0. The predicted molar refractivity (Wildman–Crippen MR) is 100 cm³/mol. The second-order valence-corrected chi connectivity index (χ2v) is 6.57. The van der Waals surface area contributed by atoms with Crippen molar-refractivity contribution >= 4 is 11.8 Å². The van der Waals surface area contributed by atoms with Crippen LogP contribution in [0.3, 0.4) is 0 Å². The first-order chi connectivity index (χ1) is 12.1. The van der Waals surface area contributed by atoms with Gasteiger partial charge in [0.15, 0.2) is 5.78 Å². The van der Waals surface area contributed by atoms with E-state index in [0.717, 1.165) is 38.5 Å². The molecule has 4 heteroatoms. The normalized spacial score (nSPS) is 21.5. The van der Waals surface area contributed by atoms with E-state index in [9.17, 15) is 14.7 Å². The van der Waals surface area contributed by atoms with E-state index in [-0.39, 0.29) is 23.6 Å². The lowest BCUT2D eigenvalue weighted by molar-refractivity contribution is -0.140. The molecule has 0 amide bonds. The number of carbonyl (C=O) groups is 2. The molecular weight excluding hydrogens is 316 g/mol. The molecule has 1 aliphatic carbocycles. The Balaban J connectivity index is 2.36. The molecule has 140 valence electrons. The van der Waals surface area contributed by atoms with Crippen molar-refractivity contribution in [2.45, 2.75) is 64.4 Å². The van der Waals surface area contributed by atoms with Crippen molar-refractivity contribution in [3.63, 3.8) is 0 Å². The molecule has 1 aliphatic rings. The second-order valence-electron chi connectivity index (χ2n) is 6.57. The number of ether oxygens (including phenoxy) is 1. The zero-order valence-electron chi connectivity index (χ0n) is 15.5. The number of esters is 1. The summed E-state index contributed by atoms with van der Waals surface area (Å²) in [4.78, 5) is 23.0. The third-order valence-corrected chi connectivity index (χ3v) is 4.51. The molecular formula is C21H32O4. The Morgan fingerprint density at radius 3 is 2.84 bits per heavy atom. The Hall–Kier alpha value is -1.68. The van der Waals surface area contributed by atoms with Crippen LogP contribution in [0.4, 0.5) is 0 Å². The maximum atomic E-state index is 12.0. The minimum Gasteiger partial charge on any atom is -0.469 e. The smallest absolute Gasteiger partial charge is 0.305 e. The van der Waals surface area contributed by atoms with Gasteiger partial charge < -0.3 is 9.84 Å². The third-order valence-electron chi connectivity index (χ3n) is 4.51. The molecule has 0 bridgehead atoms. The fourth-order valence-corrected chi connectivity index (χ4v) is 2.91. The van der Waals surface area contributed by atoms with Gasteiger partial charge in [0.25, 0.3) is 0 Å². The van der Waals surface area contributed by atoms with Crippen LogP contribution in [0.1, 0.15) is 58.3 Å². The molecule has 0 saturated heterocycles. The van der Waals surface area contributed by atoms with Crippen LogP contribution in [0.25, 0.3) is 0 Å². The molecule has 0 radical (unpaired) electrons. The van der Waals surface area contributed by atoms with E-state index < -0.39 is 6.10 Å². The van der Waals surface area contributed by atoms with Gasteiger partial charge in [0.05, 0.1) is 13.2 Å². The minimum atomic E-state index is -0.426. The van der Waals surface area contributed by atoms with Crippen molar-refractivity contribution in [2.75, 3.05) is 7.11 Å². The number of aliphatic hydroxyl groups excluding tert-OH is 1. The van der Waals surface area contributed by atoms with Crippen LogP contribution >= 0.6 is 0 Å². The second kappa shape index (κ2) is 12.6. The van der Waals surface area contributed by atoms with E-state index in [4.69, 9.17) is 0 Å². The van der Waals surface area contributed by atoms with E-state index in [2.05, 4.69) is 11.7 Å². The highest BCUT2D eigenvalue weighted by atomic mass is 16.5. The number of hydrogen-bond acceptors (Lipinski definition) is 4. The number of ketones is 1. The predicted octanol–water partition coefficient (Wildman–Crippen LogP) is 4.14.